The Balaban J connectivity index is 2.86. The average Bonchev–Trinajstić information content (AvgIpc) is 2.37. The molecule has 0 saturated heterocycles. The molecule has 0 heterocycles. The minimum absolute atomic E-state index is 0.368. The fourth-order valence-corrected chi connectivity index (χ4v) is 3.23. The van der Waals surface area contributed by atoms with E-state index in [9.17, 15) is 8.42 Å². The highest BCUT2D eigenvalue weighted by atomic mass is 32.2. The van der Waals surface area contributed by atoms with Gasteiger partial charge in [0.1, 0.15) is 0 Å². The first-order chi connectivity index (χ1) is 8.61. The minimum Gasteiger partial charge on any atom is -0.313 e. The monoisotopic (exact) mass is 288 g/mol. The highest BCUT2D eigenvalue weighted by molar-refractivity contribution is 7.98. The van der Waals surface area contributed by atoms with Crippen molar-refractivity contribution in [2.24, 2.45) is 0 Å². The Bertz CT molecular complexity index is 461. The Hall–Kier alpha value is -0.560. The highest BCUT2D eigenvalue weighted by Crippen LogP contribution is 2.15. The third-order valence-electron chi connectivity index (χ3n) is 2.43. The van der Waals surface area contributed by atoms with E-state index in [4.69, 9.17) is 0 Å². The van der Waals surface area contributed by atoms with E-state index in [0.29, 0.717) is 18.0 Å². The van der Waals surface area contributed by atoms with Gasteiger partial charge in [0, 0.05) is 18.8 Å². The lowest BCUT2D eigenvalue weighted by Crippen LogP contribution is -2.27. The van der Waals surface area contributed by atoms with E-state index in [2.05, 4.69) is 10.0 Å². The van der Waals surface area contributed by atoms with E-state index >= 15 is 0 Å². The molecule has 0 fully saturated rings. The largest absolute Gasteiger partial charge is 0.313 e. The van der Waals surface area contributed by atoms with Crippen LogP contribution in [0.4, 0.5) is 0 Å². The lowest BCUT2D eigenvalue weighted by atomic mass is 10.2. The summed E-state index contributed by atoms with van der Waals surface area (Å²) < 4.78 is 26.9. The molecular weight excluding hydrogens is 268 g/mol. The van der Waals surface area contributed by atoms with Crippen molar-refractivity contribution >= 4 is 21.8 Å². The van der Waals surface area contributed by atoms with E-state index in [1.165, 1.54) is 0 Å². The maximum Gasteiger partial charge on any atom is 0.240 e. The van der Waals surface area contributed by atoms with Crippen LogP contribution in [0.2, 0.25) is 0 Å². The predicted molar refractivity (Wildman–Crippen MR) is 77.4 cm³/mol. The van der Waals surface area contributed by atoms with Gasteiger partial charge >= 0.3 is 0 Å². The molecule has 1 aromatic rings. The van der Waals surface area contributed by atoms with Crippen molar-refractivity contribution in [2.75, 3.05) is 25.1 Å². The van der Waals surface area contributed by atoms with Crippen molar-refractivity contribution in [3.8, 4) is 0 Å². The fraction of sp³-hybridized carbons (Fsp3) is 0.500. The summed E-state index contributed by atoms with van der Waals surface area (Å²) in [6.45, 7) is 3.83. The molecule has 0 amide bonds. The van der Waals surface area contributed by atoms with Crippen LogP contribution in [0.15, 0.2) is 29.2 Å². The molecule has 0 saturated carbocycles. The number of thioether (sulfide) groups is 1. The van der Waals surface area contributed by atoms with E-state index < -0.39 is 10.0 Å². The number of hydrogen-bond donors (Lipinski definition) is 2. The molecule has 2 N–H and O–H groups in total. The van der Waals surface area contributed by atoms with Gasteiger partial charge in [0.2, 0.25) is 10.0 Å². The predicted octanol–water partition coefficient (Wildman–Crippen LogP) is 1.44. The molecule has 6 heteroatoms. The van der Waals surface area contributed by atoms with Gasteiger partial charge in [0.05, 0.1) is 4.90 Å². The van der Waals surface area contributed by atoms with E-state index in [1.54, 1.807) is 23.9 Å². The van der Waals surface area contributed by atoms with E-state index in [1.807, 2.05) is 25.3 Å². The second-order valence-corrected chi connectivity index (χ2v) is 6.50. The maximum absolute atomic E-state index is 12.1. The lowest BCUT2D eigenvalue weighted by Gasteiger charge is -2.11. The molecule has 0 radical (unpaired) electrons. The van der Waals surface area contributed by atoms with Crippen molar-refractivity contribution < 1.29 is 8.42 Å². The van der Waals surface area contributed by atoms with Crippen molar-refractivity contribution in [1.29, 1.82) is 0 Å². The molecule has 0 atom stereocenters. The van der Waals surface area contributed by atoms with Gasteiger partial charge in [0.15, 0.2) is 0 Å². The van der Waals surface area contributed by atoms with Gasteiger partial charge in [-0.3, -0.25) is 0 Å². The third-order valence-corrected chi connectivity index (χ3v) is 4.60. The number of rotatable bonds is 8. The van der Waals surface area contributed by atoms with Gasteiger partial charge in [-0.05, 0) is 24.4 Å². The Labute approximate surface area is 114 Å². The zero-order valence-electron chi connectivity index (χ0n) is 10.8. The molecule has 0 aliphatic rings. The van der Waals surface area contributed by atoms with Crippen LogP contribution in [0, 0.1) is 0 Å². The summed E-state index contributed by atoms with van der Waals surface area (Å²) >= 11 is 1.62. The molecule has 0 spiro atoms. The van der Waals surface area contributed by atoms with Crippen LogP contribution >= 0.6 is 11.8 Å². The fourth-order valence-electron chi connectivity index (χ4n) is 1.53. The molecule has 0 unspecified atom stereocenters. The normalized spacial score (nSPS) is 11.7. The Kier molecular flexibility index (Phi) is 6.70. The first-order valence-corrected chi connectivity index (χ1v) is 8.76. The molecule has 102 valence electrons. The van der Waals surface area contributed by atoms with Crippen molar-refractivity contribution in [1.82, 2.24) is 10.0 Å². The van der Waals surface area contributed by atoms with Gasteiger partial charge in [-0.2, -0.15) is 11.8 Å². The minimum atomic E-state index is -3.40. The SMILES string of the molecule is CCNCc1ccccc1S(=O)(=O)NCCSC. The Morgan fingerprint density at radius 1 is 1.28 bits per heavy atom. The van der Waals surface area contributed by atoms with Crippen LogP contribution in [-0.4, -0.2) is 33.5 Å². The molecule has 1 rings (SSSR count). The summed E-state index contributed by atoms with van der Waals surface area (Å²) in [5.41, 5.74) is 0.802. The van der Waals surface area contributed by atoms with Crippen LogP contribution < -0.4 is 10.0 Å². The lowest BCUT2D eigenvalue weighted by molar-refractivity contribution is 0.581. The van der Waals surface area contributed by atoms with Crippen LogP contribution in [0.5, 0.6) is 0 Å². The summed E-state index contributed by atoms with van der Waals surface area (Å²) in [5.74, 6) is 0.772. The summed E-state index contributed by atoms with van der Waals surface area (Å²) in [7, 11) is -3.40. The summed E-state index contributed by atoms with van der Waals surface area (Å²) in [4.78, 5) is 0.368. The second-order valence-electron chi connectivity index (χ2n) is 3.78. The standard InChI is InChI=1S/C12H20N2O2S2/c1-3-13-10-11-6-4-5-7-12(11)18(15,16)14-8-9-17-2/h4-7,13-14H,3,8-10H2,1-2H3. The summed E-state index contributed by atoms with van der Waals surface area (Å²) in [6, 6.07) is 7.09. The molecule has 4 nitrogen and oxygen atoms in total. The van der Waals surface area contributed by atoms with Crippen LogP contribution in [0.1, 0.15) is 12.5 Å². The molecule has 0 aromatic heterocycles. The van der Waals surface area contributed by atoms with Gasteiger partial charge in [-0.25, -0.2) is 13.1 Å². The van der Waals surface area contributed by atoms with Gasteiger partial charge in [-0.15, -0.1) is 0 Å². The number of sulfonamides is 1. The van der Waals surface area contributed by atoms with Crippen LogP contribution in [-0.2, 0) is 16.6 Å². The molecule has 0 aliphatic heterocycles. The van der Waals surface area contributed by atoms with Crippen molar-refractivity contribution in [3.63, 3.8) is 0 Å². The number of hydrogen-bond acceptors (Lipinski definition) is 4. The Morgan fingerprint density at radius 2 is 2.00 bits per heavy atom. The quantitative estimate of drug-likeness (QED) is 0.711. The van der Waals surface area contributed by atoms with Crippen molar-refractivity contribution in [3.05, 3.63) is 29.8 Å². The summed E-state index contributed by atoms with van der Waals surface area (Å²) in [5, 5.41) is 3.15. The third kappa shape index (κ3) is 4.61. The van der Waals surface area contributed by atoms with Gasteiger partial charge in [0.25, 0.3) is 0 Å². The maximum atomic E-state index is 12.1. The Morgan fingerprint density at radius 3 is 2.67 bits per heavy atom. The highest BCUT2D eigenvalue weighted by Gasteiger charge is 2.16. The first-order valence-electron chi connectivity index (χ1n) is 5.89. The summed E-state index contributed by atoms with van der Waals surface area (Å²) in [6.07, 6.45) is 1.95. The average molecular weight is 288 g/mol. The number of benzene rings is 1. The smallest absolute Gasteiger partial charge is 0.240 e. The van der Waals surface area contributed by atoms with Gasteiger partial charge in [-0.1, -0.05) is 25.1 Å². The zero-order valence-corrected chi connectivity index (χ0v) is 12.4. The van der Waals surface area contributed by atoms with Crippen LogP contribution in [0.25, 0.3) is 0 Å². The van der Waals surface area contributed by atoms with Crippen molar-refractivity contribution in [2.45, 2.75) is 18.4 Å². The second kappa shape index (κ2) is 7.78. The first kappa shape index (κ1) is 15.5. The molecule has 0 bridgehead atoms. The zero-order chi connectivity index (χ0) is 13.4. The van der Waals surface area contributed by atoms with Gasteiger partial charge < -0.3 is 5.32 Å². The molecule has 18 heavy (non-hydrogen) atoms. The molecular formula is C12H20N2O2S2. The topological polar surface area (TPSA) is 58.2 Å². The van der Waals surface area contributed by atoms with Crippen LogP contribution in [0.3, 0.4) is 0 Å². The molecule has 1 aromatic carbocycles. The molecule has 0 aliphatic carbocycles. The number of nitrogens with one attached hydrogen (secondary N) is 2. The van der Waals surface area contributed by atoms with E-state index in [0.717, 1.165) is 17.9 Å². The van der Waals surface area contributed by atoms with E-state index in [-0.39, 0.29) is 0 Å².